The molecule has 0 amide bonds. The lowest BCUT2D eigenvalue weighted by Gasteiger charge is -2.20. The molecular weight excluding hydrogens is 436 g/mol. The van der Waals surface area contributed by atoms with E-state index in [1.807, 2.05) is 42.5 Å². The highest BCUT2D eigenvalue weighted by Crippen LogP contribution is 2.20. The summed E-state index contributed by atoms with van der Waals surface area (Å²) in [5.41, 5.74) is 9.34. The van der Waals surface area contributed by atoms with Crippen LogP contribution < -0.4 is 5.73 Å². The summed E-state index contributed by atoms with van der Waals surface area (Å²) in [4.78, 5) is 9.13. The van der Waals surface area contributed by atoms with Crippen LogP contribution >= 0.6 is 0 Å². The number of aromatic nitrogens is 2. The van der Waals surface area contributed by atoms with Crippen LogP contribution in [0.5, 0.6) is 5.75 Å². The molecule has 176 valence electrons. The number of unbranched alkanes of at least 4 members (excludes halogenated alkanes) is 1. The molecule has 1 aromatic heterocycles. The van der Waals surface area contributed by atoms with Crippen molar-refractivity contribution in [2.75, 3.05) is 19.3 Å². The lowest BCUT2D eigenvalue weighted by atomic mass is 10.1. The Balaban J connectivity index is 1.63. The molecule has 0 fully saturated rings. The molecule has 2 aromatic carbocycles. The number of rotatable bonds is 12. The summed E-state index contributed by atoms with van der Waals surface area (Å²) in [5.74, 6) is 1.08. The Morgan fingerprint density at radius 1 is 0.970 bits per heavy atom. The van der Waals surface area contributed by atoms with E-state index in [4.69, 9.17) is 10.7 Å². The number of phenolic OH excluding ortho intramolecular Hbond substituents is 1. The summed E-state index contributed by atoms with van der Waals surface area (Å²) in [5, 5.41) is 9.57. The Morgan fingerprint density at radius 3 is 2.48 bits per heavy atom. The minimum atomic E-state index is -3.32. The highest BCUT2D eigenvalue weighted by atomic mass is 32.2. The highest BCUT2D eigenvalue weighted by Gasteiger charge is 2.16. The maximum Gasteiger partial charge on any atom is 0.211 e. The van der Waals surface area contributed by atoms with Gasteiger partial charge in [0.25, 0.3) is 0 Å². The van der Waals surface area contributed by atoms with Crippen molar-refractivity contribution in [3.8, 4) is 17.0 Å². The zero-order valence-corrected chi connectivity index (χ0v) is 19.8. The van der Waals surface area contributed by atoms with Crippen LogP contribution in [0.3, 0.4) is 0 Å². The van der Waals surface area contributed by atoms with Crippen LogP contribution in [0.25, 0.3) is 11.3 Å². The van der Waals surface area contributed by atoms with Crippen molar-refractivity contribution in [2.45, 2.75) is 38.6 Å². The predicted molar refractivity (Wildman–Crippen MR) is 131 cm³/mol. The summed E-state index contributed by atoms with van der Waals surface area (Å²) >= 11 is 0. The van der Waals surface area contributed by atoms with E-state index in [1.54, 1.807) is 18.3 Å². The number of hydrogen-bond acceptors (Lipinski definition) is 6. The van der Waals surface area contributed by atoms with Gasteiger partial charge < -0.3 is 10.8 Å². The van der Waals surface area contributed by atoms with Crippen LogP contribution in [0.2, 0.25) is 0 Å². The van der Waals surface area contributed by atoms with Crippen LogP contribution in [0.4, 0.5) is 0 Å². The van der Waals surface area contributed by atoms with E-state index >= 15 is 0 Å². The molecule has 33 heavy (non-hydrogen) atoms. The van der Waals surface area contributed by atoms with Gasteiger partial charge in [0.05, 0.1) is 11.9 Å². The minimum absolute atomic E-state index is 0.296. The first-order valence-corrected chi connectivity index (χ1v) is 13.0. The molecule has 7 nitrogen and oxygen atoms in total. The monoisotopic (exact) mass is 468 g/mol. The van der Waals surface area contributed by atoms with Crippen LogP contribution in [-0.2, 0) is 29.4 Å². The summed E-state index contributed by atoms with van der Waals surface area (Å²) < 4.78 is 25.7. The zero-order valence-electron chi connectivity index (χ0n) is 19.0. The lowest BCUT2D eigenvalue weighted by Crippen LogP contribution is -2.31. The minimum Gasteiger partial charge on any atom is -0.508 e. The van der Waals surface area contributed by atoms with Crippen molar-refractivity contribution in [3.63, 3.8) is 0 Å². The van der Waals surface area contributed by atoms with Gasteiger partial charge in [0.1, 0.15) is 11.6 Å². The second-order valence-corrected chi connectivity index (χ2v) is 10.2. The third-order valence-corrected chi connectivity index (χ3v) is 6.64. The maximum atomic E-state index is 12.1. The van der Waals surface area contributed by atoms with Gasteiger partial charge in [-0.3, -0.25) is 0 Å². The summed E-state index contributed by atoms with van der Waals surface area (Å²) in [6, 6.07) is 17.0. The van der Waals surface area contributed by atoms with Crippen LogP contribution in [0.15, 0.2) is 60.8 Å². The fourth-order valence-electron chi connectivity index (χ4n) is 3.67. The summed E-state index contributed by atoms with van der Waals surface area (Å²) in [7, 11) is -3.32. The number of aromatic hydroxyl groups is 1. The van der Waals surface area contributed by atoms with Crippen molar-refractivity contribution < 1.29 is 13.5 Å². The fourth-order valence-corrected chi connectivity index (χ4v) is 4.51. The number of sulfonamides is 1. The molecular formula is C25H32N4O3S. The first-order valence-electron chi connectivity index (χ1n) is 11.2. The quantitative estimate of drug-likeness (QED) is 0.394. The number of hydrogen-bond donors (Lipinski definition) is 2. The molecule has 0 radical (unpaired) electrons. The predicted octanol–water partition coefficient (Wildman–Crippen LogP) is 3.53. The molecule has 0 aliphatic carbocycles. The number of nitrogens with zero attached hydrogens (tertiary/aromatic N) is 3. The Labute approximate surface area is 196 Å². The third kappa shape index (κ3) is 7.92. The molecule has 0 saturated heterocycles. The molecule has 0 saturated carbocycles. The molecule has 0 atom stereocenters. The second-order valence-electron chi connectivity index (χ2n) is 8.17. The number of benzene rings is 2. The van der Waals surface area contributed by atoms with Crippen molar-refractivity contribution in [3.05, 3.63) is 77.7 Å². The second kappa shape index (κ2) is 11.9. The molecule has 3 aromatic rings. The molecule has 8 heteroatoms. The van der Waals surface area contributed by atoms with Gasteiger partial charge >= 0.3 is 0 Å². The topological polar surface area (TPSA) is 109 Å². The third-order valence-electron chi connectivity index (χ3n) is 5.39. The molecule has 0 aliphatic rings. The van der Waals surface area contributed by atoms with Crippen molar-refractivity contribution in [2.24, 2.45) is 5.73 Å². The fraction of sp³-hybridized carbons (Fsp3) is 0.360. The first kappa shape index (κ1) is 24.8. The Kier molecular flexibility index (Phi) is 8.94. The van der Waals surface area contributed by atoms with Gasteiger partial charge in [-0.15, -0.1) is 0 Å². The Bertz CT molecular complexity index is 1150. The lowest BCUT2D eigenvalue weighted by molar-refractivity contribution is 0.405. The van der Waals surface area contributed by atoms with Gasteiger partial charge in [-0.25, -0.2) is 18.4 Å². The van der Waals surface area contributed by atoms with Crippen molar-refractivity contribution in [1.82, 2.24) is 14.3 Å². The SMILES string of the molecule is CS(=O)(=O)N(CCCN)Cc1cccc(-c2ccnc(CCCCc3cccc(O)c3)n2)c1. The summed E-state index contributed by atoms with van der Waals surface area (Å²) in [6.07, 6.45) is 7.21. The van der Waals surface area contributed by atoms with Crippen molar-refractivity contribution >= 4 is 10.0 Å². The summed E-state index contributed by atoms with van der Waals surface area (Å²) in [6.45, 7) is 1.16. The van der Waals surface area contributed by atoms with Crippen molar-refractivity contribution in [1.29, 1.82) is 0 Å². The smallest absolute Gasteiger partial charge is 0.211 e. The molecule has 0 spiro atoms. The van der Waals surface area contributed by atoms with Crippen LogP contribution in [0, 0.1) is 0 Å². The number of aryl methyl sites for hydroxylation is 2. The van der Waals surface area contributed by atoms with Gasteiger partial charge in [-0.2, -0.15) is 4.31 Å². The van der Waals surface area contributed by atoms with E-state index in [0.717, 1.165) is 53.9 Å². The van der Waals surface area contributed by atoms with E-state index < -0.39 is 10.0 Å². The van der Waals surface area contributed by atoms with Gasteiger partial charge in [0, 0.05) is 31.3 Å². The van der Waals surface area contributed by atoms with E-state index in [1.165, 1.54) is 10.6 Å². The van der Waals surface area contributed by atoms with Crippen LogP contribution in [0.1, 0.15) is 36.2 Å². The van der Waals surface area contributed by atoms with Gasteiger partial charge in [0.2, 0.25) is 10.0 Å². The number of nitrogens with two attached hydrogens (primary N) is 1. The molecule has 0 bridgehead atoms. The normalized spacial score (nSPS) is 11.7. The van der Waals surface area contributed by atoms with Gasteiger partial charge in [-0.1, -0.05) is 30.3 Å². The molecule has 1 heterocycles. The van der Waals surface area contributed by atoms with E-state index in [9.17, 15) is 13.5 Å². The van der Waals surface area contributed by atoms with E-state index in [-0.39, 0.29) is 0 Å². The Morgan fingerprint density at radius 2 is 1.73 bits per heavy atom. The highest BCUT2D eigenvalue weighted by molar-refractivity contribution is 7.88. The number of phenols is 1. The first-order chi connectivity index (χ1) is 15.8. The zero-order chi connectivity index (χ0) is 23.7. The van der Waals surface area contributed by atoms with E-state index in [0.29, 0.717) is 31.8 Å². The van der Waals surface area contributed by atoms with Crippen LogP contribution in [-0.4, -0.2) is 47.1 Å². The molecule has 3 N–H and O–H groups in total. The Hall–Kier alpha value is -2.81. The maximum absolute atomic E-state index is 12.1. The largest absolute Gasteiger partial charge is 0.508 e. The van der Waals surface area contributed by atoms with Gasteiger partial charge in [0.15, 0.2) is 0 Å². The van der Waals surface area contributed by atoms with Gasteiger partial charge in [-0.05, 0) is 67.6 Å². The average Bonchev–Trinajstić information content (AvgIpc) is 2.79. The molecule has 0 aliphatic heterocycles. The molecule has 3 rings (SSSR count). The van der Waals surface area contributed by atoms with E-state index in [2.05, 4.69) is 4.98 Å². The average molecular weight is 469 g/mol. The standard InChI is InChI=1S/C25H32N4O3S/c1-33(31,32)29(16-6-14-26)19-21-9-4-10-22(17-21)24-13-15-27-25(28-24)12-3-2-7-20-8-5-11-23(30)18-20/h4-5,8-11,13,15,17-18,30H,2-3,6-7,12,14,16,19,26H2,1H3. The molecule has 0 unspecified atom stereocenters.